The predicted octanol–water partition coefficient (Wildman–Crippen LogP) is 2.09. The fraction of sp³-hybridized carbons (Fsp3) is 0.167. The molecule has 1 aromatic heterocycles. The Morgan fingerprint density at radius 1 is 1.20 bits per heavy atom. The van der Waals surface area contributed by atoms with E-state index < -0.39 is 0 Å². The fourth-order valence-corrected chi connectivity index (χ4v) is 1.50. The van der Waals surface area contributed by atoms with E-state index in [1.807, 2.05) is 30.6 Å². The van der Waals surface area contributed by atoms with Crippen LogP contribution in [0.25, 0.3) is 0 Å². The lowest BCUT2D eigenvalue weighted by atomic mass is 10.1. The summed E-state index contributed by atoms with van der Waals surface area (Å²) in [5, 5.41) is 3.32. The van der Waals surface area contributed by atoms with Crippen LogP contribution in [0.1, 0.15) is 11.1 Å². The molecule has 0 spiro atoms. The highest BCUT2D eigenvalue weighted by atomic mass is 14.9. The predicted molar refractivity (Wildman–Crippen MR) is 62.5 cm³/mol. The first-order valence-corrected chi connectivity index (χ1v) is 5.03. The van der Waals surface area contributed by atoms with Crippen molar-refractivity contribution in [2.45, 2.75) is 13.1 Å². The van der Waals surface area contributed by atoms with Gasteiger partial charge in [-0.05, 0) is 17.2 Å². The molecule has 0 aliphatic heterocycles. The zero-order valence-electron chi connectivity index (χ0n) is 8.53. The first-order valence-electron chi connectivity index (χ1n) is 5.03. The van der Waals surface area contributed by atoms with Crippen molar-refractivity contribution < 1.29 is 0 Å². The van der Waals surface area contributed by atoms with Crippen LogP contribution in [0.3, 0.4) is 0 Å². The minimum absolute atomic E-state index is 0.595. The van der Waals surface area contributed by atoms with Gasteiger partial charge in [0.2, 0.25) is 0 Å². The summed E-state index contributed by atoms with van der Waals surface area (Å²) in [5.74, 6) is 0. The van der Waals surface area contributed by atoms with Gasteiger partial charge >= 0.3 is 0 Å². The molecule has 0 fully saturated rings. The van der Waals surface area contributed by atoms with Gasteiger partial charge in [-0.2, -0.15) is 0 Å². The standard InChI is InChI=1S/C12H15N3/c13-7-10-2-1-3-11(6-10)8-15-12-4-5-14-9-12/h1-6,9,14-15H,7-8,13H2. The van der Waals surface area contributed by atoms with Crippen molar-refractivity contribution in [3.05, 3.63) is 53.9 Å². The first kappa shape index (κ1) is 9.80. The largest absolute Gasteiger partial charge is 0.380 e. The normalized spacial score (nSPS) is 10.2. The van der Waals surface area contributed by atoms with Gasteiger partial charge in [0.15, 0.2) is 0 Å². The van der Waals surface area contributed by atoms with Gasteiger partial charge in [-0.1, -0.05) is 24.3 Å². The summed E-state index contributed by atoms with van der Waals surface area (Å²) in [5.41, 5.74) is 9.11. The van der Waals surface area contributed by atoms with E-state index in [0.29, 0.717) is 6.54 Å². The second-order valence-electron chi connectivity index (χ2n) is 3.48. The van der Waals surface area contributed by atoms with Gasteiger partial charge in [0.1, 0.15) is 0 Å². The van der Waals surface area contributed by atoms with Gasteiger partial charge in [0, 0.05) is 25.5 Å². The van der Waals surface area contributed by atoms with E-state index in [-0.39, 0.29) is 0 Å². The molecule has 3 heteroatoms. The van der Waals surface area contributed by atoms with E-state index in [4.69, 9.17) is 5.73 Å². The summed E-state index contributed by atoms with van der Waals surface area (Å²) < 4.78 is 0. The molecule has 0 aliphatic rings. The molecule has 0 saturated carbocycles. The first-order chi connectivity index (χ1) is 7.38. The van der Waals surface area contributed by atoms with Crippen LogP contribution in [0.2, 0.25) is 0 Å². The summed E-state index contributed by atoms with van der Waals surface area (Å²) in [6, 6.07) is 10.3. The van der Waals surface area contributed by atoms with Crippen molar-refractivity contribution in [1.29, 1.82) is 0 Å². The Morgan fingerprint density at radius 2 is 2.07 bits per heavy atom. The lowest BCUT2D eigenvalue weighted by Gasteiger charge is -2.05. The Morgan fingerprint density at radius 3 is 2.80 bits per heavy atom. The van der Waals surface area contributed by atoms with E-state index in [0.717, 1.165) is 12.2 Å². The minimum Gasteiger partial charge on any atom is -0.380 e. The molecule has 0 unspecified atom stereocenters. The lowest BCUT2D eigenvalue weighted by Crippen LogP contribution is -2.01. The zero-order chi connectivity index (χ0) is 10.5. The average Bonchev–Trinajstić information content (AvgIpc) is 2.79. The Hall–Kier alpha value is -1.74. The van der Waals surface area contributed by atoms with Crippen molar-refractivity contribution in [3.63, 3.8) is 0 Å². The average molecular weight is 201 g/mol. The molecule has 0 aliphatic carbocycles. The van der Waals surface area contributed by atoms with Crippen molar-refractivity contribution in [1.82, 2.24) is 4.98 Å². The summed E-state index contributed by atoms with van der Waals surface area (Å²) in [7, 11) is 0. The number of nitrogens with one attached hydrogen (secondary N) is 2. The van der Waals surface area contributed by atoms with Crippen LogP contribution in [0.4, 0.5) is 5.69 Å². The van der Waals surface area contributed by atoms with Crippen molar-refractivity contribution >= 4 is 5.69 Å². The molecule has 3 nitrogen and oxygen atoms in total. The third-order valence-corrected chi connectivity index (χ3v) is 2.32. The smallest absolute Gasteiger partial charge is 0.0520 e. The number of aromatic amines is 1. The highest BCUT2D eigenvalue weighted by Crippen LogP contribution is 2.09. The summed E-state index contributed by atoms with van der Waals surface area (Å²) in [4.78, 5) is 3.01. The van der Waals surface area contributed by atoms with Gasteiger partial charge in [0.25, 0.3) is 0 Å². The molecule has 0 atom stereocenters. The second kappa shape index (κ2) is 4.66. The maximum atomic E-state index is 5.58. The summed E-state index contributed by atoms with van der Waals surface area (Å²) in [6.45, 7) is 1.42. The van der Waals surface area contributed by atoms with E-state index in [1.165, 1.54) is 11.1 Å². The quantitative estimate of drug-likeness (QED) is 0.709. The van der Waals surface area contributed by atoms with Crippen LogP contribution < -0.4 is 11.1 Å². The molecule has 4 N–H and O–H groups in total. The van der Waals surface area contributed by atoms with Gasteiger partial charge < -0.3 is 16.0 Å². The molecule has 1 heterocycles. The van der Waals surface area contributed by atoms with Crippen LogP contribution in [-0.4, -0.2) is 4.98 Å². The molecule has 0 bridgehead atoms. The highest BCUT2D eigenvalue weighted by Gasteiger charge is 1.95. The number of H-pyrrole nitrogens is 1. The van der Waals surface area contributed by atoms with Crippen LogP contribution in [0.5, 0.6) is 0 Å². The third-order valence-electron chi connectivity index (χ3n) is 2.32. The Balaban J connectivity index is 1.98. The molecule has 78 valence electrons. The van der Waals surface area contributed by atoms with Gasteiger partial charge in [-0.25, -0.2) is 0 Å². The van der Waals surface area contributed by atoms with E-state index in [1.54, 1.807) is 0 Å². The Labute approximate surface area is 89.3 Å². The number of rotatable bonds is 4. The number of anilines is 1. The van der Waals surface area contributed by atoms with Crippen molar-refractivity contribution in [2.75, 3.05) is 5.32 Å². The molecule has 0 saturated heterocycles. The topological polar surface area (TPSA) is 53.8 Å². The van der Waals surface area contributed by atoms with E-state index >= 15 is 0 Å². The molecule has 2 aromatic rings. The SMILES string of the molecule is NCc1cccc(CNc2cc[nH]c2)c1. The summed E-state index contributed by atoms with van der Waals surface area (Å²) >= 11 is 0. The molecular weight excluding hydrogens is 186 g/mol. The van der Waals surface area contributed by atoms with Gasteiger partial charge in [0.05, 0.1) is 5.69 Å². The fourth-order valence-electron chi connectivity index (χ4n) is 1.50. The molecule has 15 heavy (non-hydrogen) atoms. The van der Waals surface area contributed by atoms with Gasteiger partial charge in [-0.15, -0.1) is 0 Å². The number of benzene rings is 1. The van der Waals surface area contributed by atoms with Gasteiger partial charge in [-0.3, -0.25) is 0 Å². The highest BCUT2D eigenvalue weighted by molar-refractivity contribution is 5.41. The van der Waals surface area contributed by atoms with E-state index in [2.05, 4.69) is 22.4 Å². The third kappa shape index (κ3) is 2.60. The van der Waals surface area contributed by atoms with Crippen LogP contribution >= 0.6 is 0 Å². The number of nitrogens with two attached hydrogens (primary N) is 1. The van der Waals surface area contributed by atoms with Crippen molar-refractivity contribution in [3.8, 4) is 0 Å². The molecule has 1 aromatic carbocycles. The summed E-state index contributed by atoms with van der Waals surface area (Å²) in [6.07, 6.45) is 3.84. The Kier molecular flexibility index (Phi) is 3.05. The maximum Gasteiger partial charge on any atom is 0.0520 e. The number of aromatic nitrogens is 1. The molecule has 2 rings (SSSR count). The Bertz CT molecular complexity index is 407. The van der Waals surface area contributed by atoms with Crippen LogP contribution in [-0.2, 0) is 13.1 Å². The monoisotopic (exact) mass is 201 g/mol. The number of hydrogen-bond acceptors (Lipinski definition) is 2. The second-order valence-corrected chi connectivity index (χ2v) is 3.48. The number of hydrogen-bond donors (Lipinski definition) is 3. The minimum atomic E-state index is 0.595. The molecular formula is C12H15N3. The zero-order valence-corrected chi connectivity index (χ0v) is 8.53. The molecule has 0 radical (unpaired) electrons. The van der Waals surface area contributed by atoms with Crippen LogP contribution in [0.15, 0.2) is 42.7 Å². The molecule has 0 amide bonds. The van der Waals surface area contributed by atoms with Crippen LogP contribution in [0, 0.1) is 0 Å². The van der Waals surface area contributed by atoms with Crippen molar-refractivity contribution in [2.24, 2.45) is 5.73 Å². The lowest BCUT2D eigenvalue weighted by molar-refractivity contribution is 1.05. The maximum absolute atomic E-state index is 5.58. The van der Waals surface area contributed by atoms with E-state index in [9.17, 15) is 0 Å².